The molecule has 0 amide bonds. The molecule has 0 radical (unpaired) electrons. The van der Waals surface area contributed by atoms with Crippen LogP contribution in [0.3, 0.4) is 0 Å². The molecule has 1 aromatic rings. The standard InChI is InChI=1S/C10H11F2N/c1-13-6-2-3-8-4-5-9(11)7-10(8)12/h2-5,7,13H,6H2,1H3. The van der Waals surface area contributed by atoms with Gasteiger partial charge in [0, 0.05) is 18.2 Å². The number of likely N-dealkylation sites (N-methyl/N-ethyl adjacent to an activating group) is 1. The Labute approximate surface area is 76.1 Å². The molecule has 0 aliphatic carbocycles. The summed E-state index contributed by atoms with van der Waals surface area (Å²) in [6, 6.07) is 3.53. The van der Waals surface area contributed by atoms with Crippen LogP contribution in [-0.4, -0.2) is 13.6 Å². The number of halogens is 2. The molecule has 1 rings (SSSR count). The lowest BCUT2D eigenvalue weighted by molar-refractivity contribution is 0.581. The van der Waals surface area contributed by atoms with Crippen molar-refractivity contribution in [2.24, 2.45) is 0 Å². The Morgan fingerprint density at radius 2 is 2.15 bits per heavy atom. The summed E-state index contributed by atoms with van der Waals surface area (Å²) < 4.78 is 25.4. The Hall–Kier alpha value is -1.22. The topological polar surface area (TPSA) is 12.0 Å². The lowest BCUT2D eigenvalue weighted by atomic mass is 10.2. The third-order valence-electron chi connectivity index (χ3n) is 1.58. The van der Waals surface area contributed by atoms with Crippen LogP contribution < -0.4 is 5.32 Å². The Balaban J connectivity index is 2.77. The number of nitrogens with one attached hydrogen (secondary N) is 1. The van der Waals surface area contributed by atoms with E-state index in [9.17, 15) is 8.78 Å². The Kier molecular flexibility index (Phi) is 3.58. The third-order valence-corrected chi connectivity index (χ3v) is 1.58. The van der Waals surface area contributed by atoms with E-state index in [-0.39, 0.29) is 0 Å². The van der Waals surface area contributed by atoms with E-state index in [1.165, 1.54) is 12.1 Å². The summed E-state index contributed by atoms with van der Waals surface area (Å²) in [5.41, 5.74) is 0.400. The first-order valence-corrected chi connectivity index (χ1v) is 4.00. The molecule has 3 heteroatoms. The van der Waals surface area contributed by atoms with Crippen molar-refractivity contribution >= 4 is 6.08 Å². The molecule has 0 heterocycles. The van der Waals surface area contributed by atoms with Crippen molar-refractivity contribution < 1.29 is 8.78 Å². The quantitative estimate of drug-likeness (QED) is 0.757. The highest BCUT2D eigenvalue weighted by atomic mass is 19.1. The summed E-state index contributed by atoms with van der Waals surface area (Å²) >= 11 is 0. The maximum Gasteiger partial charge on any atom is 0.133 e. The van der Waals surface area contributed by atoms with Gasteiger partial charge < -0.3 is 5.32 Å². The van der Waals surface area contributed by atoms with Crippen molar-refractivity contribution in [3.63, 3.8) is 0 Å². The highest BCUT2D eigenvalue weighted by Gasteiger charge is 1.98. The second-order valence-electron chi connectivity index (χ2n) is 2.63. The van der Waals surface area contributed by atoms with Crippen LogP contribution in [0.1, 0.15) is 5.56 Å². The van der Waals surface area contributed by atoms with Crippen LogP contribution in [0.4, 0.5) is 8.78 Å². The number of rotatable bonds is 3. The molecule has 0 saturated carbocycles. The van der Waals surface area contributed by atoms with E-state index in [0.29, 0.717) is 12.1 Å². The second-order valence-corrected chi connectivity index (χ2v) is 2.63. The largest absolute Gasteiger partial charge is 0.316 e. The molecule has 0 atom stereocenters. The minimum atomic E-state index is -0.553. The predicted octanol–water partition coefficient (Wildman–Crippen LogP) is 2.20. The summed E-state index contributed by atoms with van der Waals surface area (Å²) in [5, 5.41) is 2.89. The van der Waals surface area contributed by atoms with E-state index in [1.807, 2.05) is 0 Å². The second kappa shape index (κ2) is 4.72. The molecular weight excluding hydrogens is 172 g/mol. The monoisotopic (exact) mass is 183 g/mol. The van der Waals surface area contributed by atoms with Gasteiger partial charge in [0.15, 0.2) is 0 Å². The fourth-order valence-electron chi connectivity index (χ4n) is 0.940. The predicted molar refractivity (Wildman–Crippen MR) is 49.3 cm³/mol. The number of benzene rings is 1. The maximum atomic E-state index is 13.0. The van der Waals surface area contributed by atoms with E-state index in [4.69, 9.17) is 0 Å². The van der Waals surface area contributed by atoms with Crippen molar-refractivity contribution in [2.45, 2.75) is 0 Å². The van der Waals surface area contributed by atoms with Crippen molar-refractivity contribution in [1.82, 2.24) is 5.32 Å². The van der Waals surface area contributed by atoms with Gasteiger partial charge in [-0.2, -0.15) is 0 Å². The van der Waals surface area contributed by atoms with Gasteiger partial charge in [-0.3, -0.25) is 0 Å². The average Bonchev–Trinajstić information content (AvgIpc) is 2.09. The molecule has 0 fully saturated rings. The summed E-state index contributed by atoms with van der Waals surface area (Å²) in [5.74, 6) is -1.09. The molecular formula is C10H11F2N. The number of hydrogen-bond donors (Lipinski definition) is 1. The molecule has 0 aliphatic rings. The van der Waals surface area contributed by atoms with Crippen LogP contribution in [-0.2, 0) is 0 Å². The van der Waals surface area contributed by atoms with Gasteiger partial charge in [0.05, 0.1) is 0 Å². The van der Waals surface area contributed by atoms with Crippen molar-refractivity contribution in [3.05, 3.63) is 41.5 Å². The lowest BCUT2D eigenvalue weighted by Gasteiger charge is -1.96. The van der Waals surface area contributed by atoms with Crippen LogP contribution in [0, 0.1) is 11.6 Å². The van der Waals surface area contributed by atoms with Gasteiger partial charge >= 0.3 is 0 Å². The van der Waals surface area contributed by atoms with Crippen LogP contribution in [0.15, 0.2) is 24.3 Å². The fraction of sp³-hybridized carbons (Fsp3) is 0.200. The Morgan fingerprint density at radius 3 is 2.77 bits per heavy atom. The van der Waals surface area contributed by atoms with E-state index in [2.05, 4.69) is 5.32 Å². The van der Waals surface area contributed by atoms with Crippen LogP contribution >= 0.6 is 0 Å². The van der Waals surface area contributed by atoms with Crippen molar-refractivity contribution in [1.29, 1.82) is 0 Å². The van der Waals surface area contributed by atoms with Crippen molar-refractivity contribution in [3.8, 4) is 0 Å². The SMILES string of the molecule is CNCC=Cc1ccc(F)cc1F. The van der Waals surface area contributed by atoms with E-state index in [1.54, 1.807) is 19.2 Å². The Morgan fingerprint density at radius 1 is 1.38 bits per heavy atom. The van der Waals surface area contributed by atoms with Gasteiger partial charge in [-0.25, -0.2) is 8.78 Å². The van der Waals surface area contributed by atoms with Gasteiger partial charge in [0.2, 0.25) is 0 Å². The zero-order chi connectivity index (χ0) is 9.68. The lowest BCUT2D eigenvalue weighted by Crippen LogP contribution is -2.03. The molecule has 1 aromatic carbocycles. The third kappa shape index (κ3) is 2.95. The van der Waals surface area contributed by atoms with Gasteiger partial charge in [0.25, 0.3) is 0 Å². The van der Waals surface area contributed by atoms with Crippen LogP contribution in [0.2, 0.25) is 0 Å². The van der Waals surface area contributed by atoms with Gasteiger partial charge in [0.1, 0.15) is 11.6 Å². The van der Waals surface area contributed by atoms with E-state index < -0.39 is 11.6 Å². The minimum absolute atomic E-state index is 0.400. The number of hydrogen-bond acceptors (Lipinski definition) is 1. The van der Waals surface area contributed by atoms with Crippen LogP contribution in [0.25, 0.3) is 6.08 Å². The zero-order valence-electron chi connectivity index (χ0n) is 7.35. The Bertz CT molecular complexity index is 308. The summed E-state index contributed by atoms with van der Waals surface area (Å²) in [4.78, 5) is 0. The highest BCUT2D eigenvalue weighted by Crippen LogP contribution is 2.10. The molecule has 13 heavy (non-hydrogen) atoms. The molecule has 1 N–H and O–H groups in total. The molecule has 0 aliphatic heterocycles. The highest BCUT2D eigenvalue weighted by molar-refractivity contribution is 5.49. The molecule has 0 bridgehead atoms. The average molecular weight is 183 g/mol. The smallest absolute Gasteiger partial charge is 0.133 e. The maximum absolute atomic E-state index is 13.0. The molecule has 0 saturated heterocycles. The molecule has 70 valence electrons. The molecule has 0 aromatic heterocycles. The summed E-state index contributed by atoms with van der Waals surface area (Å²) in [7, 11) is 1.80. The van der Waals surface area contributed by atoms with E-state index in [0.717, 1.165) is 6.07 Å². The van der Waals surface area contributed by atoms with Gasteiger partial charge in [-0.05, 0) is 19.2 Å². The molecule has 0 spiro atoms. The normalized spacial score (nSPS) is 11.0. The first-order valence-electron chi connectivity index (χ1n) is 4.00. The van der Waals surface area contributed by atoms with Crippen LogP contribution in [0.5, 0.6) is 0 Å². The minimum Gasteiger partial charge on any atom is -0.316 e. The zero-order valence-corrected chi connectivity index (χ0v) is 7.35. The van der Waals surface area contributed by atoms with Crippen molar-refractivity contribution in [2.75, 3.05) is 13.6 Å². The van der Waals surface area contributed by atoms with Gasteiger partial charge in [-0.1, -0.05) is 12.2 Å². The van der Waals surface area contributed by atoms with Gasteiger partial charge in [-0.15, -0.1) is 0 Å². The summed E-state index contributed by atoms with van der Waals surface area (Å²) in [6.45, 7) is 0.664. The first kappa shape index (κ1) is 9.86. The first-order chi connectivity index (χ1) is 6.24. The molecule has 0 unspecified atom stereocenters. The van der Waals surface area contributed by atoms with E-state index >= 15 is 0 Å². The summed E-state index contributed by atoms with van der Waals surface area (Å²) in [6.07, 6.45) is 3.39. The fourth-order valence-corrected chi connectivity index (χ4v) is 0.940. The molecule has 1 nitrogen and oxygen atoms in total.